The van der Waals surface area contributed by atoms with Crippen molar-refractivity contribution >= 4 is 51.9 Å². The van der Waals surface area contributed by atoms with Crippen LogP contribution >= 0.6 is 24.0 Å². The first-order chi connectivity index (χ1) is 12.6. The number of anilines is 1. The van der Waals surface area contributed by atoms with Crippen LogP contribution in [-0.4, -0.2) is 44.8 Å². The van der Waals surface area contributed by atoms with Crippen molar-refractivity contribution in [2.24, 2.45) is 0 Å². The van der Waals surface area contributed by atoms with Crippen molar-refractivity contribution in [2.45, 2.75) is 45.6 Å². The molecule has 1 N–H and O–H groups in total. The molecule has 5 nitrogen and oxygen atoms in total. The van der Waals surface area contributed by atoms with E-state index in [1.54, 1.807) is 0 Å². The van der Waals surface area contributed by atoms with Crippen LogP contribution in [0.5, 0.6) is 0 Å². The summed E-state index contributed by atoms with van der Waals surface area (Å²) in [6, 6.07) is 6.28. The molecule has 2 aliphatic rings. The summed E-state index contributed by atoms with van der Waals surface area (Å²) in [7, 11) is 0. The zero-order chi connectivity index (χ0) is 19.9. The number of aliphatic carboxylic acids is 1. The highest BCUT2D eigenvalue weighted by atomic mass is 32.2. The highest BCUT2D eigenvalue weighted by molar-refractivity contribution is 8.26. The second-order valence-corrected chi connectivity index (χ2v) is 9.32. The van der Waals surface area contributed by atoms with Gasteiger partial charge in [0.05, 0.1) is 4.91 Å². The summed E-state index contributed by atoms with van der Waals surface area (Å²) < 4.78 is 0.291. The average Bonchev–Trinajstić information content (AvgIpc) is 2.82. The predicted octanol–water partition coefficient (Wildman–Crippen LogP) is 4.08. The molecule has 1 amide bonds. The van der Waals surface area contributed by atoms with Gasteiger partial charge in [-0.1, -0.05) is 37.0 Å². The van der Waals surface area contributed by atoms with Crippen LogP contribution < -0.4 is 4.90 Å². The molecule has 2 heterocycles. The van der Waals surface area contributed by atoms with Gasteiger partial charge in [0, 0.05) is 17.8 Å². The fraction of sp³-hybridized carbons (Fsp3) is 0.450. The Balaban J connectivity index is 1.93. The normalized spacial score (nSPS) is 23.1. The van der Waals surface area contributed by atoms with Gasteiger partial charge in [-0.15, -0.1) is 0 Å². The molecule has 1 fully saturated rings. The molecule has 1 atom stereocenters. The quantitative estimate of drug-likeness (QED) is 0.603. The molecule has 1 saturated heterocycles. The number of amides is 1. The Morgan fingerprint density at radius 2 is 2.15 bits per heavy atom. The lowest BCUT2D eigenvalue weighted by atomic mass is 9.79. The number of carboxylic acid groups (broad SMARTS) is 1. The zero-order valence-electron chi connectivity index (χ0n) is 16.0. The summed E-state index contributed by atoms with van der Waals surface area (Å²) in [4.78, 5) is 27.4. The van der Waals surface area contributed by atoms with Crippen molar-refractivity contribution in [3.8, 4) is 0 Å². The molecular formula is C20H24N2O3S2. The summed E-state index contributed by atoms with van der Waals surface area (Å²) in [5.74, 6) is -0.986. The van der Waals surface area contributed by atoms with E-state index in [0.717, 1.165) is 35.2 Å². The maximum absolute atomic E-state index is 12.5. The van der Waals surface area contributed by atoms with Crippen LogP contribution in [0.25, 0.3) is 6.08 Å². The smallest absolute Gasteiger partial charge is 0.323 e. The standard InChI is InChI=1S/C20H24N2O3S2/c1-5-22-15-7-6-13(8-14(15)12(2)10-20(22,3)4)9-16-18(25)21(11-17(23)24)19(26)27-16/h6-9,12H,5,10-11H2,1-4H3,(H,23,24)/b16-9-. The Labute approximate surface area is 169 Å². The molecule has 27 heavy (non-hydrogen) atoms. The van der Waals surface area contributed by atoms with Crippen molar-refractivity contribution in [1.82, 2.24) is 4.90 Å². The van der Waals surface area contributed by atoms with E-state index >= 15 is 0 Å². The summed E-state index contributed by atoms with van der Waals surface area (Å²) in [5, 5.41) is 8.95. The Morgan fingerprint density at radius 3 is 2.78 bits per heavy atom. The third-order valence-corrected chi connectivity index (χ3v) is 6.57. The fourth-order valence-corrected chi connectivity index (χ4v) is 5.38. The zero-order valence-corrected chi connectivity index (χ0v) is 17.6. The van der Waals surface area contributed by atoms with E-state index in [1.165, 1.54) is 11.3 Å². The number of hydrogen-bond acceptors (Lipinski definition) is 5. The number of carbonyl (C=O) groups excluding carboxylic acids is 1. The summed E-state index contributed by atoms with van der Waals surface area (Å²) in [6.07, 6.45) is 2.88. The number of benzene rings is 1. The van der Waals surface area contributed by atoms with Gasteiger partial charge < -0.3 is 10.0 Å². The first-order valence-corrected chi connectivity index (χ1v) is 10.2. The number of hydrogen-bond donors (Lipinski definition) is 1. The highest BCUT2D eigenvalue weighted by Gasteiger charge is 2.36. The molecule has 1 aromatic rings. The van der Waals surface area contributed by atoms with Crippen LogP contribution in [0, 0.1) is 0 Å². The SMILES string of the molecule is CCN1c2ccc(/C=C3\SC(=S)N(CC(=O)O)C3=O)cc2C(C)CC1(C)C. The molecule has 0 aromatic heterocycles. The van der Waals surface area contributed by atoms with E-state index < -0.39 is 12.5 Å². The predicted molar refractivity (Wildman–Crippen MR) is 114 cm³/mol. The first kappa shape index (κ1) is 19.9. The van der Waals surface area contributed by atoms with Gasteiger partial charge in [-0.3, -0.25) is 14.5 Å². The molecule has 2 aliphatic heterocycles. The molecule has 3 rings (SSSR count). The van der Waals surface area contributed by atoms with E-state index in [2.05, 4.69) is 44.7 Å². The minimum absolute atomic E-state index is 0.113. The van der Waals surface area contributed by atoms with Gasteiger partial charge in [0.25, 0.3) is 5.91 Å². The summed E-state index contributed by atoms with van der Waals surface area (Å²) >= 11 is 6.32. The van der Waals surface area contributed by atoms with E-state index in [0.29, 0.717) is 15.1 Å². The Hall–Kier alpha value is -1.86. The third kappa shape index (κ3) is 3.75. The summed E-state index contributed by atoms with van der Waals surface area (Å²) in [5.41, 5.74) is 3.58. The first-order valence-electron chi connectivity index (χ1n) is 9.02. The lowest BCUT2D eigenvalue weighted by Gasteiger charge is -2.47. The lowest BCUT2D eigenvalue weighted by molar-refractivity contribution is -0.140. The van der Waals surface area contributed by atoms with E-state index in [9.17, 15) is 9.59 Å². The molecule has 1 unspecified atom stereocenters. The number of nitrogens with zero attached hydrogens (tertiary/aromatic N) is 2. The van der Waals surface area contributed by atoms with Crippen molar-refractivity contribution in [2.75, 3.05) is 18.0 Å². The van der Waals surface area contributed by atoms with Crippen LogP contribution in [0.15, 0.2) is 23.1 Å². The van der Waals surface area contributed by atoms with Crippen LogP contribution in [0.4, 0.5) is 5.69 Å². The fourth-order valence-electron chi connectivity index (χ4n) is 4.12. The molecule has 7 heteroatoms. The minimum Gasteiger partial charge on any atom is -0.480 e. The van der Waals surface area contributed by atoms with E-state index in [1.807, 2.05) is 12.1 Å². The largest absolute Gasteiger partial charge is 0.480 e. The number of rotatable bonds is 4. The maximum atomic E-state index is 12.5. The second-order valence-electron chi connectivity index (χ2n) is 7.64. The Kier molecular flexibility index (Phi) is 5.36. The second kappa shape index (κ2) is 7.28. The molecule has 0 bridgehead atoms. The molecule has 0 spiro atoms. The van der Waals surface area contributed by atoms with Gasteiger partial charge in [-0.25, -0.2) is 0 Å². The number of thioether (sulfide) groups is 1. The van der Waals surface area contributed by atoms with E-state index in [4.69, 9.17) is 17.3 Å². The number of carboxylic acids is 1. The average molecular weight is 405 g/mol. The molecule has 1 aromatic carbocycles. The monoisotopic (exact) mass is 404 g/mol. The third-order valence-electron chi connectivity index (χ3n) is 5.19. The molecule has 144 valence electrons. The lowest BCUT2D eigenvalue weighted by Crippen LogP contribution is -2.48. The highest BCUT2D eigenvalue weighted by Crippen LogP contribution is 2.44. The van der Waals surface area contributed by atoms with Gasteiger partial charge in [0.1, 0.15) is 10.9 Å². The van der Waals surface area contributed by atoms with Crippen LogP contribution in [0.3, 0.4) is 0 Å². The number of thiocarbonyl (C=S) groups is 1. The number of carbonyl (C=O) groups is 2. The van der Waals surface area contributed by atoms with Gasteiger partial charge in [0.15, 0.2) is 0 Å². The Bertz CT molecular complexity index is 848. The Morgan fingerprint density at radius 1 is 1.44 bits per heavy atom. The molecule has 0 saturated carbocycles. The van der Waals surface area contributed by atoms with Crippen molar-refractivity contribution in [3.63, 3.8) is 0 Å². The van der Waals surface area contributed by atoms with Crippen LogP contribution in [0.2, 0.25) is 0 Å². The van der Waals surface area contributed by atoms with Gasteiger partial charge >= 0.3 is 5.97 Å². The van der Waals surface area contributed by atoms with Crippen molar-refractivity contribution in [3.05, 3.63) is 34.2 Å². The molecule has 0 aliphatic carbocycles. The number of fused-ring (bicyclic) bond motifs is 1. The van der Waals surface area contributed by atoms with Gasteiger partial charge in [0.2, 0.25) is 0 Å². The van der Waals surface area contributed by atoms with Crippen molar-refractivity contribution < 1.29 is 14.7 Å². The minimum atomic E-state index is -1.07. The molecule has 0 radical (unpaired) electrons. The molecular weight excluding hydrogens is 380 g/mol. The van der Waals surface area contributed by atoms with E-state index in [-0.39, 0.29) is 11.4 Å². The van der Waals surface area contributed by atoms with Crippen LogP contribution in [-0.2, 0) is 9.59 Å². The maximum Gasteiger partial charge on any atom is 0.323 e. The van der Waals surface area contributed by atoms with Gasteiger partial charge in [-0.05, 0) is 62.4 Å². The van der Waals surface area contributed by atoms with Gasteiger partial charge in [-0.2, -0.15) is 0 Å². The topological polar surface area (TPSA) is 60.9 Å². The van der Waals surface area contributed by atoms with Crippen LogP contribution in [0.1, 0.15) is 51.2 Å². The summed E-state index contributed by atoms with van der Waals surface area (Å²) in [6.45, 7) is 9.51. The van der Waals surface area contributed by atoms with Crippen molar-refractivity contribution in [1.29, 1.82) is 0 Å².